The molecule has 6 heteroatoms. The van der Waals surface area contributed by atoms with Gasteiger partial charge in [-0.2, -0.15) is 0 Å². The van der Waals surface area contributed by atoms with Crippen molar-refractivity contribution in [2.45, 2.75) is 12.8 Å². The summed E-state index contributed by atoms with van der Waals surface area (Å²) in [6.07, 6.45) is 1.66. The summed E-state index contributed by atoms with van der Waals surface area (Å²) in [5.41, 5.74) is 0. The number of carbonyl (C=O) groups excluding carboxylic acids is 2. The SMILES string of the molecule is O=C1C2C(=O)N(CCO)CCC2CCN1CCO. The van der Waals surface area contributed by atoms with Crippen LogP contribution >= 0.6 is 0 Å². The molecule has 0 aliphatic carbocycles. The zero-order valence-corrected chi connectivity index (χ0v) is 10.4. The average Bonchev–Trinajstić information content (AvgIpc) is 2.36. The monoisotopic (exact) mass is 256 g/mol. The number of β-amino-alcohol motifs (C(OH)–C–C–N with tert-alkyl or cyclic N) is 2. The second-order valence-corrected chi connectivity index (χ2v) is 4.91. The van der Waals surface area contributed by atoms with Crippen LogP contribution in [0.15, 0.2) is 0 Å². The molecule has 102 valence electrons. The van der Waals surface area contributed by atoms with E-state index in [0.717, 1.165) is 12.8 Å². The first kappa shape index (κ1) is 13.3. The Morgan fingerprint density at radius 1 is 0.944 bits per heavy atom. The number of piperidine rings is 2. The molecule has 2 aliphatic heterocycles. The maximum Gasteiger partial charge on any atom is 0.235 e. The largest absolute Gasteiger partial charge is 0.395 e. The molecule has 0 radical (unpaired) electrons. The first-order valence-corrected chi connectivity index (χ1v) is 6.48. The van der Waals surface area contributed by atoms with Gasteiger partial charge < -0.3 is 20.0 Å². The molecule has 2 rings (SSSR count). The standard InChI is InChI=1S/C12H20N2O4/c15-7-5-13-3-1-9-2-4-14(6-8-16)12(18)10(9)11(13)17/h9-10,15-16H,1-8H2. The summed E-state index contributed by atoms with van der Waals surface area (Å²) in [7, 11) is 0. The van der Waals surface area contributed by atoms with Crippen LogP contribution in [0.5, 0.6) is 0 Å². The Bertz CT molecular complexity index is 304. The Hall–Kier alpha value is -1.14. The molecular weight excluding hydrogens is 236 g/mol. The van der Waals surface area contributed by atoms with Gasteiger partial charge in [-0.3, -0.25) is 9.59 Å². The highest BCUT2D eigenvalue weighted by atomic mass is 16.3. The van der Waals surface area contributed by atoms with Crippen molar-refractivity contribution in [3.63, 3.8) is 0 Å². The fraction of sp³-hybridized carbons (Fsp3) is 0.833. The minimum Gasteiger partial charge on any atom is -0.395 e. The number of fused-ring (bicyclic) bond motifs is 1. The number of carbonyl (C=O) groups is 2. The summed E-state index contributed by atoms with van der Waals surface area (Å²) >= 11 is 0. The first-order valence-electron chi connectivity index (χ1n) is 6.48. The number of amides is 2. The topological polar surface area (TPSA) is 81.1 Å². The molecule has 6 nitrogen and oxygen atoms in total. The molecule has 2 amide bonds. The number of hydrogen-bond donors (Lipinski definition) is 2. The minimum atomic E-state index is -0.592. The number of hydrogen-bond acceptors (Lipinski definition) is 4. The van der Waals surface area contributed by atoms with Gasteiger partial charge in [-0.15, -0.1) is 0 Å². The van der Waals surface area contributed by atoms with E-state index in [2.05, 4.69) is 0 Å². The lowest BCUT2D eigenvalue weighted by Gasteiger charge is -2.43. The van der Waals surface area contributed by atoms with Crippen molar-refractivity contribution in [1.29, 1.82) is 0 Å². The van der Waals surface area contributed by atoms with Gasteiger partial charge in [0.2, 0.25) is 11.8 Å². The van der Waals surface area contributed by atoms with E-state index in [-0.39, 0.29) is 30.9 Å². The van der Waals surface area contributed by atoms with Gasteiger partial charge in [-0.05, 0) is 18.8 Å². The lowest BCUT2D eigenvalue weighted by Crippen LogP contribution is -2.57. The van der Waals surface area contributed by atoms with E-state index in [0.29, 0.717) is 26.2 Å². The van der Waals surface area contributed by atoms with Gasteiger partial charge in [0.1, 0.15) is 5.92 Å². The lowest BCUT2D eigenvalue weighted by atomic mass is 9.79. The zero-order valence-electron chi connectivity index (χ0n) is 10.4. The molecule has 0 aromatic heterocycles. The number of aliphatic hydroxyl groups excluding tert-OH is 2. The van der Waals surface area contributed by atoms with Crippen molar-refractivity contribution in [3.05, 3.63) is 0 Å². The summed E-state index contributed by atoms with van der Waals surface area (Å²) in [6.45, 7) is 1.72. The normalized spacial score (nSPS) is 28.6. The molecule has 18 heavy (non-hydrogen) atoms. The molecule has 0 unspecified atom stereocenters. The average molecular weight is 256 g/mol. The van der Waals surface area contributed by atoms with Gasteiger partial charge in [0.25, 0.3) is 0 Å². The summed E-state index contributed by atoms with van der Waals surface area (Å²) in [6, 6.07) is 0. The fourth-order valence-electron chi connectivity index (χ4n) is 2.93. The van der Waals surface area contributed by atoms with E-state index in [4.69, 9.17) is 10.2 Å². The quantitative estimate of drug-likeness (QED) is 0.611. The third kappa shape index (κ3) is 2.35. The Morgan fingerprint density at radius 3 is 1.78 bits per heavy atom. The molecule has 2 N–H and O–H groups in total. The van der Waals surface area contributed by atoms with Crippen LogP contribution < -0.4 is 0 Å². The van der Waals surface area contributed by atoms with Gasteiger partial charge in [-0.25, -0.2) is 0 Å². The van der Waals surface area contributed by atoms with Crippen molar-refractivity contribution in [2.24, 2.45) is 11.8 Å². The minimum absolute atomic E-state index is 0.0718. The molecule has 0 spiro atoms. The van der Waals surface area contributed by atoms with Gasteiger partial charge in [0.15, 0.2) is 0 Å². The summed E-state index contributed by atoms with van der Waals surface area (Å²) < 4.78 is 0. The molecule has 0 atom stereocenters. The third-order valence-electron chi connectivity index (χ3n) is 3.91. The molecule has 0 aromatic carbocycles. The number of nitrogens with zero attached hydrogens (tertiary/aromatic N) is 2. The lowest BCUT2D eigenvalue weighted by molar-refractivity contribution is -0.158. The molecule has 0 aromatic rings. The number of likely N-dealkylation sites (tertiary alicyclic amines) is 2. The van der Waals surface area contributed by atoms with E-state index in [9.17, 15) is 9.59 Å². The Balaban J connectivity index is 2.09. The maximum atomic E-state index is 12.2. The van der Waals surface area contributed by atoms with E-state index < -0.39 is 5.92 Å². The highest BCUT2D eigenvalue weighted by Crippen LogP contribution is 2.32. The molecular formula is C12H20N2O4. The van der Waals surface area contributed by atoms with Crippen molar-refractivity contribution in [2.75, 3.05) is 39.4 Å². The zero-order chi connectivity index (χ0) is 13.1. The van der Waals surface area contributed by atoms with Crippen LogP contribution in [0.3, 0.4) is 0 Å². The van der Waals surface area contributed by atoms with E-state index >= 15 is 0 Å². The van der Waals surface area contributed by atoms with Crippen LogP contribution in [0, 0.1) is 11.8 Å². The molecule has 2 saturated heterocycles. The Morgan fingerprint density at radius 2 is 1.39 bits per heavy atom. The van der Waals surface area contributed by atoms with Crippen molar-refractivity contribution >= 4 is 11.8 Å². The molecule has 0 saturated carbocycles. The van der Waals surface area contributed by atoms with Crippen molar-refractivity contribution in [3.8, 4) is 0 Å². The highest BCUT2D eigenvalue weighted by molar-refractivity contribution is 6.01. The fourth-order valence-corrected chi connectivity index (χ4v) is 2.93. The number of aliphatic hydroxyl groups is 2. The molecule has 2 aliphatic rings. The van der Waals surface area contributed by atoms with Gasteiger partial charge >= 0.3 is 0 Å². The molecule has 2 heterocycles. The smallest absolute Gasteiger partial charge is 0.235 e. The van der Waals surface area contributed by atoms with Crippen LogP contribution in [0.2, 0.25) is 0 Å². The molecule has 0 bridgehead atoms. The van der Waals surface area contributed by atoms with Crippen LogP contribution in [0.4, 0.5) is 0 Å². The van der Waals surface area contributed by atoms with E-state index in [1.165, 1.54) is 0 Å². The predicted octanol–water partition coefficient (Wildman–Crippen LogP) is -1.33. The Kier molecular flexibility index (Phi) is 4.19. The van der Waals surface area contributed by atoms with Gasteiger partial charge in [0.05, 0.1) is 13.2 Å². The van der Waals surface area contributed by atoms with Crippen molar-refractivity contribution in [1.82, 2.24) is 9.80 Å². The van der Waals surface area contributed by atoms with Gasteiger partial charge in [-0.1, -0.05) is 0 Å². The summed E-state index contributed by atoms with van der Waals surface area (Å²) in [5.74, 6) is -0.777. The molecule has 2 fully saturated rings. The summed E-state index contributed by atoms with van der Waals surface area (Å²) in [4.78, 5) is 27.6. The summed E-state index contributed by atoms with van der Waals surface area (Å²) in [5, 5.41) is 17.8. The maximum absolute atomic E-state index is 12.2. The predicted molar refractivity (Wildman–Crippen MR) is 63.5 cm³/mol. The van der Waals surface area contributed by atoms with E-state index in [1.54, 1.807) is 9.80 Å². The van der Waals surface area contributed by atoms with Crippen molar-refractivity contribution < 1.29 is 19.8 Å². The first-order chi connectivity index (χ1) is 8.69. The number of rotatable bonds is 4. The highest BCUT2D eigenvalue weighted by Gasteiger charge is 2.45. The van der Waals surface area contributed by atoms with Crippen LogP contribution in [-0.2, 0) is 9.59 Å². The van der Waals surface area contributed by atoms with Crippen LogP contribution in [0.1, 0.15) is 12.8 Å². The second-order valence-electron chi connectivity index (χ2n) is 4.91. The van der Waals surface area contributed by atoms with Crippen LogP contribution in [-0.4, -0.2) is 71.2 Å². The Labute approximate surface area is 106 Å². The second kappa shape index (κ2) is 5.67. The van der Waals surface area contributed by atoms with Gasteiger partial charge in [0, 0.05) is 26.2 Å². The van der Waals surface area contributed by atoms with E-state index in [1.807, 2.05) is 0 Å². The third-order valence-corrected chi connectivity index (χ3v) is 3.91. The van der Waals surface area contributed by atoms with Crippen LogP contribution in [0.25, 0.3) is 0 Å².